The SMILES string of the molecule is COC(=O)C(Cc1ccccc1)NC(=O)c1cc(Cl)c(Cl)cc1N. The highest BCUT2D eigenvalue weighted by Crippen LogP contribution is 2.27. The van der Waals surface area contributed by atoms with Crippen LogP contribution in [0.2, 0.25) is 10.0 Å². The molecule has 0 aromatic heterocycles. The maximum absolute atomic E-state index is 12.4. The first kappa shape index (κ1) is 18.1. The first-order valence-corrected chi connectivity index (χ1v) is 7.85. The van der Waals surface area contributed by atoms with E-state index >= 15 is 0 Å². The minimum absolute atomic E-state index is 0.145. The summed E-state index contributed by atoms with van der Waals surface area (Å²) >= 11 is 11.8. The summed E-state index contributed by atoms with van der Waals surface area (Å²) in [4.78, 5) is 24.4. The van der Waals surface area contributed by atoms with E-state index in [9.17, 15) is 9.59 Å². The van der Waals surface area contributed by atoms with Crippen LogP contribution < -0.4 is 11.1 Å². The molecule has 5 nitrogen and oxygen atoms in total. The van der Waals surface area contributed by atoms with E-state index in [0.717, 1.165) is 5.56 Å². The Balaban J connectivity index is 2.21. The Labute approximate surface area is 149 Å². The van der Waals surface area contributed by atoms with Crippen molar-refractivity contribution in [1.82, 2.24) is 5.32 Å². The van der Waals surface area contributed by atoms with E-state index in [1.807, 2.05) is 30.3 Å². The average Bonchev–Trinajstić information content (AvgIpc) is 2.57. The third-order valence-corrected chi connectivity index (χ3v) is 4.13. The highest BCUT2D eigenvalue weighted by Gasteiger charge is 2.24. The molecule has 2 aromatic carbocycles. The number of nitrogen functional groups attached to an aromatic ring is 1. The van der Waals surface area contributed by atoms with Crippen molar-refractivity contribution in [1.29, 1.82) is 0 Å². The second kappa shape index (κ2) is 8.04. The number of hydrogen-bond donors (Lipinski definition) is 2. The predicted molar refractivity (Wildman–Crippen MR) is 94.3 cm³/mol. The standard InChI is InChI=1S/C17H16Cl2N2O3/c1-24-17(23)15(7-10-5-3-2-4-6-10)21-16(22)11-8-12(18)13(19)9-14(11)20/h2-6,8-9,15H,7,20H2,1H3,(H,21,22). The first-order valence-electron chi connectivity index (χ1n) is 7.09. The lowest BCUT2D eigenvalue weighted by Gasteiger charge is -2.17. The van der Waals surface area contributed by atoms with Gasteiger partial charge in [-0.25, -0.2) is 4.79 Å². The second-order valence-electron chi connectivity index (χ2n) is 5.09. The number of benzene rings is 2. The number of methoxy groups -OCH3 is 1. The largest absolute Gasteiger partial charge is 0.467 e. The molecule has 0 saturated heterocycles. The molecule has 2 aromatic rings. The van der Waals surface area contributed by atoms with Crippen molar-refractivity contribution in [2.45, 2.75) is 12.5 Å². The van der Waals surface area contributed by atoms with Gasteiger partial charge in [-0.05, 0) is 17.7 Å². The number of carbonyl (C=O) groups is 2. The van der Waals surface area contributed by atoms with Crippen molar-refractivity contribution in [3.63, 3.8) is 0 Å². The number of esters is 1. The number of hydrogen-bond acceptors (Lipinski definition) is 4. The van der Waals surface area contributed by atoms with E-state index in [4.69, 9.17) is 33.7 Å². The minimum atomic E-state index is -0.848. The van der Waals surface area contributed by atoms with Gasteiger partial charge in [0.2, 0.25) is 0 Å². The fraction of sp³-hybridized carbons (Fsp3) is 0.176. The van der Waals surface area contributed by atoms with Crippen LogP contribution in [0.3, 0.4) is 0 Å². The van der Waals surface area contributed by atoms with E-state index in [1.165, 1.54) is 19.2 Å². The summed E-state index contributed by atoms with van der Waals surface area (Å²) in [6, 6.07) is 11.2. The molecule has 0 aliphatic heterocycles. The Bertz CT molecular complexity index is 751. The van der Waals surface area contributed by atoms with Crippen LogP contribution in [-0.2, 0) is 16.0 Å². The molecule has 0 aliphatic carbocycles. The lowest BCUT2D eigenvalue weighted by Crippen LogP contribution is -2.43. The molecule has 24 heavy (non-hydrogen) atoms. The van der Waals surface area contributed by atoms with E-state index < -0.39 is 17.9 Å². The number of nitrogens with two attached hydrogens (primary N) is 1. The molecule has 0 bridgehead atoms. The molecule has 0 spiro atoms. The normalized spacial score (nSPS) is 11.6. The molecule has 0 aliphatic rings. The van der Waals surface area contributed by atoms with Crippen LogP contribution in [0.4, 0.5) is 5.69 Å². The number of amides is 1. The van der Waals surface area contributed by atoms with Gasteiger partial charge in [-0.1, -0.05) is 53.5 Å². The summed E-state index contributed by atoms with van der Waals surface area (Å²) < 4.78 is 4.76. The average molecular weight is 367 g/mol. The Morgan fingerprint density at radius 2 is 1.79 bits per heavy atom. The number of rotatable bonds is 5. The second-order valence-corrected chi connectivity index (χ2v) is 5.91. The van der Waals surface area contributed by atoms with Gasteiger partial charge in [0.15, 0.2) is 0 Å². The van der Waals surface area contributed by atoms with Crippen molar-refractivity contribution in [2.24, 2.45) is 0 Å². The molecule has 0 heterocycles. The highest BCUT2D eigenvalue weighted by atomic mass is 35.5. The van der Waals surface area contributed by atoms with Crippen molar-refractivity contribution in [3.05, 3.63) is 63.6 Å². The zero-order chi connectivity index (χ0) is 17.7. The van der Waals surface area contributed by atoms with E-state index in [0.29, 0.717) is 6.42 Å². The molecular formula is C17H16Cl2N2O3. The maximum atomic E-state index is 12.4. The molecule has 7 heteroatoms. The van der Waals surface area contributed by atoms with Gasteiger partial charge in [-0.15, -0.1) is 0 Å². The fourth-order valence-corrected chi connectivity index (χ4v) is 2.52. The van der Waals surface area contributed by atoms with Crippen LogP contribution >= 0.6 is 23.2 Å². The number of anilines is 1. The number of carbonyl (C=O) groups excluding carboxylic acids is 2. The van der Waals surface area contributed by atoms with Gasteiger partial charge in [0, 0.05) is 12.1 Å². The van der Waals surface area contributed by atoms with Crippen LogP contribution in [0.25, 0.3) is 0 Å². The van der Waals surface area contributed by atoms with Gasteiger partial charge in [0.05, 0.1) is 22.7 Å². The van der Waals surface area contributed by atoms with Crippen molar-refractivity contribution < 1.29 is 14.3 Å². The summed E-state index contributed by atoms with van der Waals surface area (Å²) in [6.07, 6.45) is 0.292. The van der Waals surface area contributed by atoms with Crippen molar-refractivity contribution >= 4 is 40.8 Å². The zero-order valence-corrected chi connectivity index (χ0v) is 14.4. The lowest BCUT2D eigenvalue weighted by atomic mass is 10.1. The van der Waals surface area contributed by atoms with Gasteiger partial charge in [-0.2, -0.15) is 0 Å². The Morgan fingerprint density at radius 3 is 2.42 bits per heavy atom. The highest BCUT2D eigenvalue weighted by molar-refractivity contribution is 6.42. The Hall–Kier alpha value is -2.24. The molecule has 1 amide bonds. The third-order valence-electron chi connectivity index (χ3n) is 3.41. The molecule has 126 valence electrons. The minimum Gasteiger partial charge on any atom is -0.467 e. The Morgan fingerprint density at radius 1 is 1.17 bits per heavy atom. The Kier molecular flexibility index (Phi) is 6.06. The van der Waals surface area contributed by atoms with Gasteiger partial charge in [0.25, 0.3) is 5.91 Å². The molecule has 1 atom stereocenters. The summed E-state index contributed by atoms with van der Waals surface area (Å²) in [5, 5.41) is 3.08. The zero-order valence-electron chi connectivity index (χ0n) is 12.9. The van der Waals surface area contributed by atoms with Crippen LogP contribution in [0, 0.1) is 0 Å². The summed E-state index contributed by atoms with van der Waals surface area (Å²) in [6.45, 7) is 0. The molecule has 1 unspecified atom stereocenters. The summed E-state index contributed by atoms with van der Waals surface area (Å²) in [5.74, 6) is -1.08. The first-order chi connectivity index (χ1) is 11.4. The van der Waals surface area contributed by atoms with Gasteiger partial charge in [-0.3, -0.25) is 4.79 Å². The fourth-order valence-electron chi connectivity index (χ4n) is 2.18. The van der Waals surface area contributed by atoms with E-state index in [2.05, 4.69) is 5.32 Å². The lowest BCUT2D eigenvalue weighted by molar-refractivity contribution is -0.142. The predicted octanol–water partition coefficient (Wildman–Crippen LogP) is 3.09. The number of halogens is 2. The molecule has 0 saturated carbocycles. The van der Waals surface area contributed by atoms with Gasteiger partial charge in [0.1, 0.15) is 6.04 Å². The number of ether oxygens (including phenoxy) is 1. The van der Waals surface area contributed by atoms with Gasteiger partial charge < -0.3 is 15.8 Å². The van der Waals surface area contributed by atoms with Crippen LogP contribution in [0.1, 0.15) is 15.9 Å². The third kappa shape index (κ3) is 4.40. The quantitative estimate of drug-likeness (QED) is 0.629. The van der Waals surface area contributed by atoms with E-state index in [-0.39, 0.29) is 21.3 Å². The van der Waals surface area contributed by atoms with Crippen molar-refractivity contribution in [3.8, 4) is 0 Å². The summed E-state index contributed by atoms with van der Waals surface area (Å²) in [5.41, 5.74) is 7.01. The molecule has 0 radical (unpaired) electrons. The summed E-state index contributed by atoms with van der Waals surface area (Å²) in [7, 11) is 1.26. The monoisotopic (exact) mass is 366 g/mol. The van der Waals surface area contributed by atoms with Crippen LogP contribution in [0.15, 0.2) is 42.5 Å². The molecule has 0 fully saturated rings. The molecule has 2 rings (SSSR count). The van der Waals surface area contributed by atoms with Crippen LogP contribution in [0.5, 0.6) is 0 Å². The van der Waals surface area contributed by atoms with E-state index in [1.54, 1.807) is 0 Å². The topological polar surface area (TPSA) is 81.4 Å². The molecule has 3 N–H and O–H groups in total. The van der Waals surface area contributed by atoms with Crippen molar-refractivity contribution in [2.75, 3.05) is 12.8 Å². The van der Waals surface area contributed by atoms with Gasteiger partial charge >= 0.3 is 5.97 Å². The smallest absolute Gasteiger partial charge is 0.328 e. The van der Waals surface area contributed by atoms with Crippen LogP contribution in [-0.4, -0.2) is 25.0 Å². The molecular weight excluding hydrogens is 351 g/mol. The number of nitrogens with one attached hydrogen (secondary N) is 1. The maximum Gasteiger partial charge on any atom is 0.328 e.